The second kappa shape index (κ2) is 9.77. The summed E-state index contributed by atoms with van der Waals surface area (Å²) in [6, 6.07) is 16.6. The van der Waals surface area contributed by atoms with Crippen molar-refractivity contribution in [1.29, 1.82) is 0 Å². The van der Waals surface area contributed by atoms with E-state index in [1.807, 2.05) is 48.5 Å². The molecule has 1 amide bonds. The van der Waals surface area contributed by atoms with E-state index in [0.717, 1.165) is 39.4 Å². The number of aryl methyl sites for hydroxylation is 1. The first-order chi connectivity index (χ1) is 16.7. The molecule has 182 valence electrons. The number of rotatable bonds is 7. The summed E-state index contributed by atoms with van der Waals surface area (Å²) < 4.78 is 43.6. The fraction of sp³-hybridized carbons (Fsp3) is 0.269. The number of carbonyl (C=O) groups excluding carboxylic acids is 1. The Hall–Kier alpha value is -3.88. The Morgan fingerprint density at radius 3 is 2.14 bits per heavy atom. The average molecular weight is 484 g/mol. The summed E-state index contributed by atoms with van der Waals surface area (Å²) in [6.07, 6.45) is -4.15. The molecule has 0 radical (unpaired) electrons. The summed E-state index contributed by atoms with van der Waals surface area (Å²) in [5.41, 5.74) is 3.64. The molecule has 0 fully saturated rings. The SMILES string of the molecule is CN(C(=O)OCC1c2ccccc2-c2ccccc21)[C@@H](CCc1ccc(C(F)(F)F)nc1)C(=O)O. The lowest BCUT2D eigenvalue weighted by molar-refractivity contribution is -0.142. The van der Waals surface area contributed by atoms with Gasteiger partial charge in [-0.2, -0.15) is 13.2 Å². The zero-order valence-corrected chi connectivity index (χ0v) is 18.8. The number of carboxylic acids is 1. The zero-order chi connectivity index (χ0) is 25.2. The molecule has 0 aliphatic heterocycles. The molecule has 0 spiro atoms. The molecule has 1 atom stereocenters. The highest BCUT2D eigenvalue weighted by molar-refractivity contribution is 5.81. The van der Waals surface area contributed by atoms with Crippen molar-refractivity contribution in [2.24, 2.45) is 0 Å². The fourth-order valence-corrected chi connectivity index (χ4v) is 4.35. The highest BCUT2D eigenvalue weighted by Gasteiger charge is 2.33. The average Bonchev–Trinajstić information content (AvgIpc) is 3.16. The Morgan fingerprint density at radius 1 is 1.03 bits per heavy atom. The van der Waals surface area contributed by atoms with Crippen molar-refractivity contribution < 1.29 is 32.6 Å². The van der Waals surface area contributed by atoms with Gasteiger partial charge in [0.15, 0.2) is 0 Å². The molecule has 0 saturated carbocycles. The van der Waals surface area contributed by atoms with Gasteiger partial charge in [-0.1, -0.05) is 54.6 Å². The summed E-state index contributed by atoms with van der Waals surface area (Å²) >= 11 is 0. The van der Waals surface area contributed by atoms with E-state index >= 15 is 0 Å². The van der Waals surface area contributed by atoms with E-state index in [1.54, 1.807) is 0 Å². The minimum atomic E-state index is -4.55. The molecular formula is C26H23F3N2O4. The van der Waals surface area contributed by atoms with Gasteiger partial charge in [-0.15, -0.1) is 0 Å². The van der Waals surface area contributed by atoms with Gasteiger partial charge in [-0.3, -0.25) is 9.88 Å². The number of halogens is 3. The van der Waals surface area contributed by atoms with Gasteiger partial charge in [-0.05, 0) is 46.7 Å². The van der Waals surface area contributed by atoms with Crippen molar-refractivity contribution in [2.45, 2.75) is 31.0 Å². The second-order valence-electron chi connectivity index (χ2n) is 8.36. The number of likely N-dealkylation sites (N-methyl/N-ethyl adjacent to an activating group) is 1. The lowest BCUT2D eigenvalue weighted by atomic mass is 9.98. The summed E-state index contributed by atoms with van der Waals surface area (Å²) in [7, 11) is 1.34. The smallest absolute Gasteiger partial charge is 0.433 e. The molecule has 2 aromatic carbocycles. The molecule has 3 aromatic rings. The molecule has 0 bridgehead atoms. The second-order valence-corrected chi connectivity index (χ2v) is 8.36. The van der Waals surface area contributed by atoms with Crippen LogP contribution < -0.4 is 0 Å². The lowest BCUT2D eigenvalue weighted by Gasteiger charge is -2.25. The molecule has 35 heavy (non-hydrogen) atoms. The third kappa shape index (κ3) is 5.13. The van der Waals surface area contributed by atoms with E-state index in [1.165, 1.54) is 13.1 Å². The summed E-state index contributed by atoms with van der Waals surface area (Å²) in [5, 5.41) is 9.65. The minimum absolute atomic E-state index is 0.0108. The van der Waals surface area contributed by atoms with Crippen molar-refractivity contribution in [3.63, 3.8) is 0 Å². The molecule has 6 nitrogen and oxygen atoms in total. The Morgan fingerprint density at radius 2 is 1.63 bits per heavy atom. The number of alkyl halides is 3. The van der Waals surface area contributed by atoms with Crippen LogP contribution in [0, 0.1) is 0 Å². The number of amides is 1. The maximum absolute atomic E-state index is 12.7. The Kier molecular flexibility index (Phi) is 6.77. The van der Waals surface area contributed by atoms with Gasteiger partial charge in [0, 0.05) is 19.2 Å². The first-order valence-electron chi connectivity index (χ1n) is 11.0. The summed E-state index contributed by atoms with van der Waals surface area (Å²) in [4.78, 5) is 29.0. The maximum Gasteiger partial charge on any atom is 0.433 e. The van der Waals surface area contributed by atoms with Crippen LogP contribution in [-0.4, -0.2) is 46.7 Å². The number of aliphatic carboxylic acids is 1. The minimum Gasteiger partial charge on any atom is -0.480 e. The quantitative estimate of drug-likeness (QED) is 0.488. The van der Waals surface area contributed by atoms with E-state index in [2.05, 4.69) is 4.98 Å². The van der Waals surface area contributed by atoms with Gasteiger partial charge < -0.3 is 9.84 Å². The van der Waals surface area contributed by atoms with Crippen molar-refractivity contribution in [1.82, 2.24) is 9.88 Å². The number of hydrogen-bond acceptors (Lipinski definition) is 4. The van der Waals surface area contributed by atoms with E-state index < -0.39 is 30.0 Å². The molecule has 9 heteroatoms. The Bertz CT molecular complexity index is 1180. The molecule has 0 unspecified atom stereocenters. The van der Waals surface area contributed by atoms with Crippen molar-refractivity contribution in [3.8, 4) is 11.1 Å². The lowest BCUT2D eigenvalue weighted by Crippen LogP contribution is -2.43. The van der Waals surface area contributed by atoms with Gasteiger partial charge in [-0.25, -0.2) is 9.59 Å². The van der Waals surface area contributed by atoms with Gasteiger partial charge in [0.25, 0.3) is 0 Å². The van der Waals surface area contributed by atoms with Crippen LogP contribution in [0.4, 0.5) is 18.0 Å². The molecule has 1 N–H and O–H groups in total. The molecule has 1 heterocycles. The molecule has 1 aliphatic carbocycles. The maximum atomic E-state index is 12.7. The van der Waals surface area contributed by atoms with E-state index in [4.69, 9.17) is 4.74 Å². The summed E-state index contributed by atoms with van der Waals surface area (Å²) in [5.74, 6) is -1.40. The number of nitrogens with zero attached hydrogens (tertiary/aromatic N) is 2. The molecule has 0 saturated heterocycles. The van der Waals surface area contributed by atoms with E-state index in [-0.39, 0.29) is 25.4 Å². The zero-order valence-electron chi connectivity index (χ0n) is 18.8. The molecule has 1 aliphatic rings. The third-order valence-electron chi connectivity index (χ3n) is 6.20. The molecular weight excluding hydrogens is 461 g/mol. The van der Waals surface area contributed by atoms with Gasteiger partial charge in [0.05, 0.1) is 0 Å². The van der Waals surface area contributed by atoms with Crippen LogP contribution in [0.5, 0.6) is 0 Å². The van der Waals surface area contributed by atoms with Crippen LogP contribution in [0.1, 0.15) is 34.7 Å². The predicted molar refractivity (Wildman–Crippen MR) is 122 cm³/mol. The first kappa shape index (κ1) is 24.3. The van der Waals surface area contributed by atoms with E-state index in [0.29, 0.717) is 5.56 Å². The normalized spacial score (nSPS) is 13.6. The van der Waals surface area contributed by atoms with Crippen LogP contribution in [-0.2, 0) is 22.1 Å². The number of ether oxygens (including phenoxy) is 1. The fourth-order valence-electron chi connectivity index (χ4n) is 4.35. The number of aromatic nitrogens is 1. The van der Waals surface area contributed by atoms with E-state index in [9.17, 15) is 27.9 Å². The summed E-state index contributed by atoms with van der Waals surface area (Å²) in [6.45, 7) is 0.0480. The first-order valence-corrected chi connectivity index (χ1v) is 11.0. The number of fused-ring (bicyclic) bond motifs is 3. The standard InChI is InChI=1S/C26H23F3N2O4/c1-31(22(24(32)33)12-10-16-11-13-23(30-14-16)26(27,28)29)25(34)35-15-21-19-8-4-2-6-17(19)18-7-3-5-9-20(18)21/h2-9,11,13-14,21-22H,10,12,15H2,1H3,(H,32,33)/t22-/m0/s1. The number of hydrogen-bond donors (Lipinski definition) is 1. The van der Waals surface area contributed by atoms with Gasteiger partial charge in [0.2, 0.25) is 0 Å². The van der Waals surface area contributed by atoms with Crippen LogP contribution in [0.2, 0.25) is 0 Å². The monoisotopic (exact) mass is 484 g/mol. The number of carboxylic acid groups (broad SMARTS) is 1. The Balaban J connectivity index is 1.40. The van der Waals surface area contributed by atoms with Gasteiger partial charge >= 0.3 is 18.2 Å². The van der Waals surface area contributed by atoms with Crippen molar-refractivity contribution in [3.05, 3.63) is 89.2 Å². The van der Waals surface area contributed by atoms with Gasteiger partial charge in [0.1, 0.15) is 18.3 Å². The largest absolute Gasteiger partial charge is 0.480 e. The van der Waals surface area contributed by atoms with Crippen LogP contribution in [0.3, 0.4) is 0 Å². The van der Waals surface area contributed by atoms with Crippen LogP contribution >= 0.6 is 0 Å². The topological polar surface area (TPSA) is 79.7 Å². The predicted octanol–water partition coefficient (Wildman–Crippen LogP) is 5.37. The van der Waals surface area contributed by atoms with Crippen LogP contribution in [0.25, 0.3) is 11.1 Å². The Labute approximate surface area is 200 Å². The van der Waals surface area contributed by atoms with Crippen molar-refractivity contribution in [2.75, 3.05) is 13.7 Å². The third-order valence-corrected chi connectivity index (χ3v) is 6.20. The van der Waals surface area contributed by atoms with Crippen molar-refractivity contribution >= 4 is 12.1 Å². The number of pyridine rings is 1. The highest BCUT2D eigenvalue weighted by Crippen LogP contribution is 2.44. The molecule has 4 rings (SSSR count). The number of carbonyl (C=O) groups is 2. The van der Waals surface area contributed by atoms with Crippen LogP contribution in [0.15, 0.2) is 66.9 Å². The number of benzene rings is 2. The highest BCUT2D eigenvalue weighted by atomic mass is 19.4. The molecule has 1 aromatic heterocycles.